The first kappa shape index (κ1) is 25.9. The summed E-state index contributed by atoms with van der Waals surface area (Å²) in [6, 6.07) is 21.8. The smallest absolute Gasteiger partial charge is 0.254 e. The van der Waals surface area contributed by atoms with Gasteiger partial charge in [0.25, 0.3) is 5.91 Å². The van der Waals surface area contributed by atoms with E-state index in [2.05, 4.69) is 46.4 Å². The maximum Gasteiger partial charge on any atom is 0.254 e. The first-order valence-corrected chi connectivity index (χ1v) is 14.2. The van der Waals surface area contributed by atoms with Crippen LogP contribution in [0.15, 0.2) is 82.5 Å². The van der Waals surface area contributed by atoms with Crippen molar-refractivity contribution >= 4 is 46.3 Å². The van der Waals surface area contributed by atoms with E-state index in [1.165, 1.54) is 29.5 Å². The second-order valence-electron chi connectivity index (χ2n) is 9.04. The molecule has 5 rings (SSSR count). The fraction of sp³-hybridized carbons (Fsp3) is 0.207. The van der Waals surface area contributed by atoms with Crippen LogP contribution in [0.4, 0.5) is 15.8 Å². The van der Waals surface area contributed by atoms with Crippen LogP contribution in [0.2, 0.25) is 0 Å². The standard InChI is InChI=1S/C29H27FN4O2S2/c1-20-5-7-21(8-6-20)26-18-37-29(32-26)38-19-27(35)31-24-9-11-25(12-10-24)33-13-15-34(16-14-33)28(36)22-3-2-4-23(30)17-22/h2-12,17-18H,13-16,19H2,1H3,(H,31,35). The van der Waals surface area contributed by atoms with Crippen LogP contribution in [0.3, 0.4) is 0 Å². The zero-order chi connectivity index (χ0) is 26.5. The molecule has 194 valence electrons. The van der Waals surface area contributed by atoms with E-state index in [1.54, 1.807) is 28.4 Å². The lowest BCUT2D eigenvalue weighted by molar-refractivity contribution is -0.113. The molecule has 1 N–H and O–H groups in total. The SMILES string of the molecule is Cc1ccc(-c2csc(SCC(=O)Nc3ccc(N4CCN(C(=O)c5cccc(F)c5)CC4)cc3)n2)cc1. The average Bonchev–Trinajstić information content (AvgIpc) is 3.42. The van der Waals surface area contributed by atoms with Gasteiger partial charge in [-0.1, -0.05) is 47.7 Å². The van der Waals surface area contributed by atoms with Crippen LogP contribution in [0.5, 0.6) is 0 Å². The van der Waals surface area contributed by atoms with Gasteiger partial charge in [-0.25, -0.2) is 9.37 Å². The minimum Gasteiger partial charge on any atom is -0.368 e. The molecule has 0 aliphatic carbocycles. The Balaban J connectivity index is 1.09. The highest BCUT2D eigenvalue weighted by atomic mass is 32.2. The molecule has 2 amide bonds. The van der Waals surface area contributed by atoms with Crippen molar-refractivity contribution in [3.05, 3.63) is 95.1 Å². The molecule has 1 saturated heterocycles. The molecule has 2 heterocycles. The molecular formula is C29H27FN4O2S2. The van der Waals surface area contributed by atoms with Crippen molar-refractivity contribution in [3.8, 4) is 11.3 Å². The normalized spacial score (nSPS) is 13.4. The number of halogens is 1. The number of benzene rings is 3. The molecule has 0 spiro atoms. The number of hydrogen-bond donors (Lipinski definition) is 1. The van der Waals surface area contributed by atoms with Crippen LogP contribution in [-0.4, -0.2) is 53.6 Å². The van der Waals surface area contributed by atoms with Crippen LogP contribution < -0.4 is 10.2 Å². The molecule has 1 fully saturated rings. The average molecular weight is 547 g/mol. The van der Waals surface area contributed by atoms with E-state index in [0.29, 0.717) is 31.7 Å². The fourth-order valence-corrected chi connectivity index (χ4v) is 5.87. The molecule has 3 aromatic carbocycles. The van der Waals surface area contributed by atoms with E-state index in [4.69, 9.17) is 0 Å². The van der Waals surface area contributed by atoms with Crippen molar-refractivity contribution in [1.82, 2.24) is 9.88 Å². The second-order valence-corrected chi connectivity index (χ2v) is 11.1. The summed E-state index contributed by atoms with van der Waals surface area (Å²) in [7, 11) is 0. The summed E-state index contributed by atoms with van der Waals surface area (Å²) in [5, 5.41) is 4.96. The summed E-state index contributed by atoms with van der Waals surface area (Å²) >= 11 is 2.97. The summed E-state index contributed by atoms with van der Waals surface area (Å²) in [6.07, 6.45) is 0. The lowest BCUT2D eigenvalue weighted by Crippen LogP contribution is -2.48. The summed E-state index contributed by atoms with van der Waals surface area (Å²) in [5.41, 5.74) is 5.34. The van der Waals surface area contributed by atoms with Gasteiger partial charge in [0.05, 0.1) is 11.4 Å². The number of amides is 2. The highest BCUT2D eigenvalue weighted by Crippen LogP contribution is 2.28. The zero-order valence-corrected chi connectivity index (χ0v) is 22.5. The molecular weight excluding hydrogens is 519 g/mol. The van der Waals surface area contributed by atoms with Gasteiger partial charge in [0, 0.05) is 54.1 Å². The lowest BCUT2D eigenvalue weighted by atomic mass is 10.1. The number of piperazine rings is 1. The minimum atomic E-state index is -0.407. The third-order valence-electron chi connectivity index (χ3n) is 6.31. The van der Waals surface area contributed by atoms with Crippen LogP contribution in [0, 0.1) is 12.7 Å². The van der Waals surface area contributed by atoms with Gasteiger partial charge in [-0.3, -0.25) is 9.59 Å². The van der Waals surface area contributed by atoms with Gasteiger partial charge >= 0.3 is 0 Å². The van der Waals surface area contributed by atoms with Gasteiger partial charge < -0.3 is 15.1 Å². The quantitative estimate of drug-likeness (QED) is 0.290. The van der Waals surface area contributed by atoms with Crippen LogP contribution >= 0.6 is 23.1 Å². The molecule has 0 bridgehead atoms. The monoisotopic (exact) mass is 546 g/mol. The summed E-state index contributed by atoms with van der Waals surface area (Å²) in [6.45, 7) is 4.55. The third kappa shape index (κ3) is 6.41. The van der Waals surface area contributed by atoms with Gasteiger partial charge in [0.2, 0.25) is 5.91 Å². The van der Waals surface area contributed by atoms with Gasteiger partial charge in [0.1, 0.15) is 5.82 Å². The Labute approximate surface area is 229 Å². The van der Waals surface area contributed by atoms with Crippen molar-refractivity contribution in [1.29, 1.82) is 0 Å². The van der Waals surface area contributed by atoms with Gasteiger partial charge in [-0.05, 0) is 49.4 Å². The molecule has 9 heteroatoms. The molecule has 0 radical (unpaired) electrons. The molecule has 1 aliphatic rings. The highest BCUT2D eigenvalue weighted by Gasteiger charge is 2.22. The first-order valence-electron chi connectivity index (χ1n) is 12.3. The van der Waals surface area contributed by atoms with E-state index >= 15 is 0 Å². The molecule has 0 saturated carbocycles. The van der Waals surface area contributed by atoms with Crippen LogP contribution in [0.25, 0.3) is 11.3 Å². The highest BCUT2D eigenvalue weighted by molar-refractivity contribution is 8.01. The number of thioether (sulfide) groups is 1. The number of rotatable bonds is 7. The molecule has 38 heavy (non-hydrogen) atoms. The van der Waals surface area contributed by atoms with E-state index < -0.39 is 5.82 Å². The Morgan fingerprint density at radius 2 is 1.74 bits per heavy atom. The van der Waals surface area contributed by atoms with E-state index in [1.807, 2.05) is 29.6 Å². The van der Waals surface area contributed by atoms with Crippen molar-refractivity contribution in [2.45, 2.75) is 11.3 Å². The third-order valence-corrected chi connectivity index (χ3v) is 8.33. The molecule has 0 unspecified atom stereocenters. The summed E-state index contributed by atoms with van der Waals surface area (Å²) in [4.78, 5) is 33.8. The minimum absolute atomic E-state index is 0.0840. The summed E-state index contributed by atoms with van der Waals surface area (Å²) in [5.74, 6) is -0.358. The predicted molar refractivity (Wildman–Crippen MR) is 153 cm³/mol. The van der Waals surface area contributed by atoms with Crippen LogP contribution in [-0.2, 0) is 4.79 Å². The number of nitrogens with one attached hydrogen (secondary N) is 1. The molecule has 4 aromatic rings. The lowest BCUT2D eigenvalue weighted by Gasteiger charge is -2.36. The Morgan fingerprint density at radius 1 is 1.00 bits per heavy atom. The van der Waals surface area contributed by atoms with Crippen molar-refractivity contribution < 1.29 is 14.0 Å². The number of carbonyl (C=O) groups is 2. The van der Waals surface area contributed by atoms with E-state index in [0.717, 1.165) is 27.0 Å². The number of hydrogen-bond acceptors (Lipinski definition) is 6. The maximum atomic E-state index is 13.5. The van der Waals surface area contributed by atoms with Crippen molar-refractivity contribution in [2.24, 2.45) is 0 Å². The topological polar surface area (TPSA) is 65.5 Å². The van der Waals surface area contributed by atoms with Gasteiger partial charge in [0.15, 0.2) is 4.34 Å². The Hall–Kier alpha value is -3.69. The number of aryl methyl sites for hydroxylation is 1. The molecule has 0 atom stereocenters. The fourth-order valence-electron chi connectivity index (χ4n) is 4.23. The van der Waals surface area contributed by atoms with Gasteiger partial charge in [-0.15, -0.1) is 11.3 Å². The van der Waals surface area contributed by atoms with Gasteiger partial charge in [-0.2, -0.15) is 0 Å². The number of aromatic nitrogens is 1. The number of nitrogens with zero attached hydrogens (tertiary/aromatic N) is 3. The van der Waals surface area contributed by atoms with E-state index in [9.17, 15) is 14.0 Å². The first-order chi connectivity index (χ1) is 18.4. The van der Waals surface area contributed by atoms with Crippen LogP contribution in [0.1, 0.15) is 15.9 Å². The predicted octanol–water partition coefficient (Wildman–Crippen LogP) is 5.95. The Kier molecular flexibility index (Phi) is 8.05. The Morgan fingerprint density at radius 3 is 2.45 bits per heavy atom. The summed E-state index contributed by atoms with van der Waals surface area (Å²) < 4.78 is 14.3. The number of carbonyl (C=O) groups excluding carboxylic acids is 2. The van der Waals surface area contributed by atoms with E-state index in [-0.39, 0.29) is 17.6 Å². The second kappa shape index (κ2) is 11.8. The zero-order valence-electron chi connectivity index (χ0n) is 20.9. The van der Waals surface area contributed by atoms with Crippen molar-refractivity contribution in [3.63, 3.8) is 0 Å². The number of thiazole rings is 1. The van der Waals surface area contributed by atoms with Crippen molar-refractivity contribution in [2.75, 3.05) is 42.1 Å². The molecule has 6 nitrogen and oxygen atoms in total. The molecule has 1 aliphatic heterocycles. The molecule has 1 aromatic heterocycles. The Bertz CT molecular complexity index is 1420. The maximum absolute atomic E-state index is 13.5. The number of anilines is 2. The largest absolute Gasteiger partial charge is 0.368 e.